The molecule has 0 aliphatic rings. The molecule has 2 aromatic carbocycles. The molecule has 0 radical (unpaired) electrons. The van der Waals surface area contributed by atoms with Gasteiger partial charge in [-0.1, -0.05) is 29.5 Å². The number of hydrogen-bond donors (Lipinski definition) is 1. The summed E-state index contributed by atoms with van der Waals surface area (Å²) >= 11 is 0.822. The van der Waals surface area contributed by atoms with Crippen LogP contribution in [-0.4, -0.2) is 27.0 Å². The molecule has 1 amide bonds. The first-order chi connectivity index (χ1) is 15.5. The van der Waals surface area contributed by atoms with E-state index >= 15 is 0 Å². The van der Waals surface area contributed by atoms with Crippen LogP contribution in [0, 0.1) is 0 Å². The van der Waals surface area contributed by atoms with Crippen LogP contribution in [0.4, 0.5) is 31.5 Å². The Balaban J connectivity index is 1.59. The Morgan fingerprint density at radius 2 is 1.70 bits per heavy atom. The lowest BCUT2D eigenvalue weighted by atomic mass is 10.1. The summed E-state index contributed by atoms with van der Waals surface area (Å²) in [7, 11) is 0. The number of hydrogen-bond acceptors (Lipinski definition) is 6. The van der Waals surface area contributed by atoms with Gasteiger partial charge in [0.2, 0.25) is 5.88 Å². The Morgan fingerprint density at radius 3 is 2.36 bits per heavy atom. The van der Waals surface area contributed by atoms with Gasteiger partial charge in [-0.2, -0.15) is 26.3 Å². The number of anilines is 1. The minimum absolute atomic E-state index is 0.0290. The molecule has 0 aliphatic heterocycles. The van der Waals surface area contributed by atoms with E-state index in [0.717, 1.165) is 29.8 Å². The van der Waals surface area contributed by atoms with E-state index in [4.69, 9.17) is 4.74 Å². The van der Waals surface area contributed by atoms with Gasteiger partial charge in [0.1, 0.15) is 11.8 Å². The van der Waals surface area contributed by atoms with Gasteiger partial charge in [-0.3, -0.25) is 10.1 Å². The Hall–Kier alpha value is -3.74. The molecule has 2 aromatic heterocycles. The van der Waals surface area contributed by atoms with E-state index in [1.807, 2.05) is 0 Å². The van der Waals surface area contributed by atoms with Gasteiger partial charge < -0.3 is 4.74 Å². The summed E-state index contributed by atoms with van der Waals surface area (Å²) in [5, 5.41) is 1.42. The van der Waals surface area contributed by atoms with E-state index < -0.39 is 23.8 Å². The molecule has 0 saturated heterocycles. The van der Waals surface area contributed by atoms with Crippen LogP contribution in [0.5, 0.6) is 11.6 Å². The second kappa shape index (κ2) is 8.31. The highest BCUT2D eigenvalue weighted by Crippen LogP contribution is 2.36. The average molecular weight is 484 g/mol. The maximum atomic E-state index is 12.8. The number of rotatable bonds is 4. The number of nitrogens with zero attached hydrogens (tertiary/aromatic N) is 3. The molecule has 0 spiro atoms. The van der Waals surface area contributed by atoms with Crippen molar-refractivity contribution in [2.75, 3.05) is 5.32 Å². The Morgan fingerprint density at radius 1 is 0.970 bits per heavy atom. The van der Waals surface area contributed by atoms with Gasteiger partial charge in [0, 0.05) is 11.6 Å². The van der Waals surface area contributed by atoms with Gasteiger partial charge in [0.15, 0.2) is 10.9 Å². The van der Waals surface area contributed by atoms with Crippen molar-refractivity contribution in [1.82, 2.24) is 15.0 Å². The van der Waals surface area contributed by atoms with Gasteiger partial charge >= 0.3 is 18.3 Å². The average Bonchev–Trinajstić information content (AvgIpc) is 3.16. The van der Waals surface area contributed by atoms with Gasteiger partial charge in [-0.25, -0.2) is 15.0 Å². The van der Waals surface area contributed by atoms with E-state index in [-0.39, 0.29) is 28.0 Å². The highest BCUT2D eigenvalue weighted by atomic mass is 32.1. The standard InChI is InChI=1S/C20H10F6N4O2S/c21-19(22,23)11-6-4-10(5-7-11)12-8-15(28-9-27-12)32-13-2-1-3-14-16(13)29-18(33-14)30-17(31)20(24,25)26/h1-9H,(H,29,30,31). The van der Waals surface area contributed by atoms with Crippen LogP contribution >= 0.6 is 11.3 Å². The topological polar surface area (TPSA) is 77.0 Å². The molecule has 0 saturated carbocycles. The third-order valence-corrected chi connectivity index (χ3v) is 5.16. The number of alkyl halides is 6. The Kier molecular flexibility index (Phi) is 5.66. The van der Waals surface area contributed by atoms with E-state index in [2.05, 4.69) is 15.0 Å². The summed E-state index contributed by atoms with van der Waals surface area (Å²) in [4.78, 5) is 23.1. The third-order valence-electron chi connectivity index (χ3n) is 4.22. The zero-order chi connectivity index (χ0) is 23.8. The molecule has 33 heavy (non-hydrogen) atoms. The Labute approximate surface area is 184 Å². The molecular weight excluding hydrogens is 474 g/mol. The first-order valence-corrected chi connectivity index (χ1v) is 9.77. The molecule has 0 unspecified atom stereocenters. The SMILES string of the molecule is O=C(Nc1nc2c(Oc3cc(-c4ccc(C(F)(F)F)cc4)ncn3)cccc2s1)C(F)(F)F. The van der Waals surface area contributed by atoms with Crippen LogP contribution in [0.15, 0.2) is 54.9 Å². The summed E-state index contributed by atoms with van der Waals surface area (Å²) in [5.41, 5.74) is 0.0617. The normalized spacial score (nSPS) is 12.1. The number of carbonyl (C=O) groups excluding carboxylic acids is 1. The minimum Gasteiger partial charge on any atom is -0.437 e. The molecular formula is C20H10F6N4O2S. The van der Waals surface area contributed by atoms with Crippen LogP contribution in [0.3, 0.4) is 0 Å². The lowest BCUT2D eigenvalue weighted by molar-refractivity contribution is -0.167. The maximum Gasteiger partial charge on any atom is 0.471 e. The second-order valence-corrected chi connectivity index (χ2v) is 7.52. The highest BCUT2D eigenvalue weighted by Gasteiger charge is 2.39. The molecule has 0 aliphatic carbocycles. The van der Waals surface area contributed by atoms with Crippen molar-refractivity contribution in [3.63, 3.8) is 0 Å². The zero-order valence-corrected chi connectivity index (χ0v) is 16.8. The number of benzene rings is 2. The molecule has 0 fully saturated rings. The van der Waals surface area contributed by atoms with Crippen molar-refractivity contribution in [1.29, 1.82) is 0 Å². The number of aromatic nitrogens is 3. The lowest BCUT2D eigenvalue weighted by Crippen LogP contribution is -2.29. The smallest absolute Gasteiger partial charge is 0.437 e. The molecule has 6 nitrogen and oxygen atoms in total. The maximum absolute atomic E-state index is 12.8. The number of carbonyl (C=O) groups is 1. The fourth-order valence-electron chi connectivity index (χ4n) is 2.72. The fourth-order valence-corrected chi connectivity index (χ4v) is 3.60. The number of ether oxygens (including phenoxy) is 1. The minimum atomic E-state index is -5.06. The van der Waals surface area contributed by atoms with Gasteiger partial charge in [-0.05, 0) is 24.3 Å². The van der Waals surface area contributed by atoms with Crippen LogP contribution in [-0.2, 0) is 11.0 Å². The largest absolute Gasteiger partial charge is 0.471 e. The molecule has 13 heteroatoms. The molecule has 2 heterocycles. The summed E-state index contributed by atoms with van der Waals surface area (Å²) in [5.74, 6) is -1.98. The number of halogens is 6. The van der Waals surface area contributed by atoms with E-state index in [9.17, 15) is 31.1 Å². The van der Waals surface area contributed by atoms with Crippen molar-refractivity contribution < 1.29 is 35.9 Å². The first kappa shape index (κ1) is 22.5. The molecule has 0 bridgehead atoms. The fraction of sp³-hybridized carbons (Fsp3) is 0.100. The monoisotopic (exact) mass is 484 g/mol. The van der Waals surface area contributed by atoms with E-state index in [1.165, 1.54) is 24.3 Å². The number of nitrogens with one attached hydrogen (secondary N) is 1. The predicted molar refractivity (Wildman–Crippen MR) is 107 cm³/mol. The summed E-state index contributed by atoms with van der Waals surface area (Å²) in [6.07, 6.45) is -8.38. The predicted octanol–water partition coefficient (Wildman–Crippen LogP) is 6.07. The second-order valence-electron chi connectivity index (χ2n) is 6.49. The molecule has 4 aromatic rings. The Bertz CT molecular complexity index is 1320. The lowest BCUT2D eigenvalue weighted by Gasteiger charge is -2.09. The van der Waals surface area contributed by atoms with Crippen molar-refractivity contribution >= 4 is 32.6 Å². The van der Waals surface area contributed by atoms with Crippen LogP contribution in [0.1, 0.15) is 5.56 Å². The molecule has 4 rings (SSSR count). The summed E-state index contributed by atoms with van der Waals surface area (Å²) < 4.78 is 81.9. The molecule has 1 N–H and O–H groups in total. The summed E-state index contributed by atoms with van der Waals surface area (Å²) in [6, 6.07) is 10.4. The van der Waals surface area contributed by atoms with Gasteiger partial charge in [0.05, 0.1) is 16.0 Å². The van der Waals surface area contributed by atoms with Crippen LogP contribution < -0.4 is 10.1 Å². The summed E-state index contributed by atoms with van der Waals surface area (Å²) in [6.45, 7) is 0. The van der Waals surface area contributed by atoms with Crippen molar-refractivity contribution in [2.24, 2.45) is 0 Å². The number of thiazole rings is 1. The van der Waals surface area contributed by atoms with E-state index in [0.29, 0.717) is 10.3 Å². The van der Waals surface area contributed by atoms with Crippen LogP contribution in [0.2, 0.25) is 0 Å². The van der Waals surface area contributed by atoms with Gasteiger partial charge in [0.25, 0.3) is 0 Å². The quantitative estimate of drug-likeness (QED) is 0.356. The van der Waals surface area contributed by atoms with Crippen molar-refractivity contribution in [3.05, 3.63) is 60.4 Å². The first-order valence-electron chi connectivity index (χ1n) is 8.96. The molecule has 0 atom stereocenters. The van der Waals surface area contributed by atoms with Crippen molar-refractivity contribution in [2.45, 2.75) is 12.4 Å². The van der Waals surface area contributed by atoms with Crippen LogP contribution in [0.25, 0.3) is 21.5 Å². The number of amides is 1. The molecule has 170 valence electrons. The third kappa shape index (κ3) is 5.03. The van der Waals surface area contributed by atoms with E-state index in [1.54, 1.807) is 17.4 Å². The highest BCUT2D eigenvalue weighted by molar-refractivity contribution is 7.22. The van der Waals surface area contributed by atoms with Crippen molar-refractivity contribution in [3.8, 4) is 22.9 Å². The number of fused-ring (bicyclic) bond motifs is 1. The zero-order valence-electron chi connectivity index (χ0n) is 16.0. The number of para-hydroxylation sites is 1. The van der Waals surface area contributed by atoms with Gasteiger partial charge in [-0.15, -0.1) is 0 Å².